The summed E-state index contributed by atoms with van der Waals surface area (Å²) in [6.45, 7) is 9.66. The van der Waals surface area contributed by atoms with Crippen LogP contribution in [0.25, 0.3) is 0 Å². The van der Waals surface area contributed by atoms with Crippen LogP contribution in [0.3, 0.4) is 0 Å². The number of aromatic nitrogens is 2. The molecule has 8 heteroatoms. The Hall–Kier alpha value is -2.35. The molecule has 0 amide bonds. The van der Waals surface area contributed by atoms with E-state index >= 15 is 0 Å². The summed E-state index contributed by atoms with van der Waals surface area (Å²) >= 11 is 0. The Kier molecular flexibility index (Phi) is 5.46. The van der Waals surface area contributed by atoms with Crippen molar-refractivity contribution in [3.05, 3.63) is 41.1 Å². The van der Waals surface area contributed by atoms with Gasteiger partial charge < -0.3 is 4.74 Å². The van der Waals surface area contributed by atoms with Gasteiger partial charge in [0.2, 0.25) is 0 Å². The number of rotatable bonds is 5. The van der Waals surface area contributed by atoms with Gasteiger partial charge >= 0.3 is 5.97 Å². The predicted octanol–water partition coefficient (Wildman–Crippen LogP) is 3.00. The number of benzene rings is 1. The monoisotopic (exact) mass is 379 g/mol. The summed E-state index contributed by atoms with van der Waals surface area (Å²) in [4.78, 5) is 12.3. The molecule has 1 aromatic carbocycles. The van der Waals surface area contributed by atoms with E-state index in [1.165, 1.54) is 4.68 Å². The number of nitrogens with one attached hydrogen (secondary N) is 1. The Bertz CT molecular complexity index is 907. The lowest BCUT2D eigenvalue weighted by Gasteiger charge is -2.19. The number of aryl methyl sites for hydroxylation is 2. The SMILES string of the molecule is CCOC(=O)c1c(C)nn(C)c1NS(=O)(=O)c1ccc(C(C)(C)C)cc1. The predicted molar refractivity (Wildman–Crippen MR) is 99.9 cm³/mol. The van der Waals surface area contributed by atoms with Crippen molar-refractivity contribution < 1.29 is 17.9 Å². The first-order chi connectivity index (χ1) is 12.0. The first-order valence-electron chi connectivity index (χ1n) is 8.31. The number of carbonyl (C=O) groups excluding carboxylic acids is 1. The molecule has 0 aliphatic carbocycles. The van der Waals surface area contributed by atoms with E-state index in [0.717, 1.165) is 5.56 Å². The Morgan fingerprint density at radius 2 is 1.81 bits per heavy atom. The van der Waals surface area contributed by atoms with Crippen LogP contribution in [0.4, 0.5) is 5.82 Å². The molecule has 0 fully saturated rings. The van der Waals surface area contributed by atoms with E-state index in [0.29, 0.717) is 5.69 Å². The van der Waals surface area contributed by atoms with Gasteiger partial charge in [-0.05, 0) is 37.0 Å². The summed E-state index contributed by atoms with van der Waals surface area (Å²) in [5.74, 6) is -0.528. The molecule has 0 aliphatic heterocycles. The van der Waals surface area contributed by atoms with Crippen LogP contribution < -0.4 is 4.72 Å². The standard InChI is InChI=1S/C18H25N3O4S/c1-7-25-17(22)15-12(2)19-21(6)16(15)20-26(23,24)14-10-8-13(9-11-14)18(3,4)5/h8-11,20H,7H2,1-6H3. The number of esters is 1. The van der Waals surface area contributed by atoms with Gasteiger partial charge in [0.15, 0.2) is 5.82 Å². The molecule has 7 nitrogen and oxygen atoms in total. The maximum Gasteiger partial charge on any atom is 0.343 e. The van der Waals surface area contributed by atoms with Gasteiger partial charge in [-0.3, -0.25) is 9.40 Å². The van der Waals surface area contributed by atoms with E-state index in [4.69, 9.17) is 4.74 Å². The highest BCUT2D eigenvalue weighted by Gasteiger charge is 2.26. The molecule has 0 saturated carbocycles. The third-order valence-electron chi connectivity index (χ3n) is 3.96. The molecule has 26 heavy (non-hydrogen) atoms. The van der Waals surface area contributed by atoms with E-state index in [2.05, 4.69) is 30.6 Å². The molecule has 0 bridgehead atoms. The van der Waals surface area contributed by atoms with Crippen LogP contribution in [0.1, 0.15) is 49.3 Å². The Labute approximate surface area is 154 Å². The number of sulfonamides is 1. The normalized spacial score (nSPS) is 12.1. The fraction of sp³-hybridized carbons (Fsp3) is 0.444. The van der Waals surface area contributed by atoms with Crippen molar-refractivity contribution in [3.63, 3.8) is 0 Å². The highest BCUT2D eigenvalue weighted by Crippen LogP contribution is 2.26. The van der Waals surface area contributed by atoms with Gasteiger partial charge in [-0.1, -0.05) is 32.9 Å². The van der Waals surface area contributed by atoms with Gasteiger partial charge in [0.1, 0.15) is 5.56 Å². The van der Waals surface area contributed by atoms with E-state index in [9.17, 15) is 13.2 Å². The van der Waals surface area contributed by atoms with Gasteiger partial charge in [0.25, 0.3) is 10.0 Å². The van der Waals surface area contributed by atoms with Gasteiger partial charge in [-0.15, -0.1) is 0 Å². The van der Waals surface area contributed by atoms with Gasteiger partial charge in [0.05, 0.1) is 17.2 Å². The lowest BCUT2D eigenvalue weighted by atomic mass is 9.87. The van der Waals surface area contributed by atoms with E-state index in [-0.39, 0.29) is 28.3 Å². The summed E-state index contributed by atoms with van der Waals surface area (Å²) in [5.41, 5.74) is 1.46. The lowest BCUT2D eigenvalue weighted by Crippen LogP contribution is -2.19. The zero-order valence-corrected chi connectivity index (χ0v) is 16.8. The van der Waals surface area contributed by atoms with Crippen LogP contribution in [0, 0.1) is 6.92 Å². The third kappa shape index (κ3) is 4.07. The van der Waals surface area contributed by atoms with Crippen LogP contribution in [0.5, 0.6) is 0 Å². The van der Waals surface area contributed by atoms with Crippen LogP contribution in [-0.2, 0) is 27.2 Å². The van der Waals surface area contributed by atoms with E-state index in [1.807, 2.05) is 0 Å². The second kappa shape index (κ2) is 7.11. The molecule has 1 aromatic heterocycles. The Balaban J connectivity index is 2.40. The minimum absolute atomic E-state index is 0.0774. The van der Waals surface area contributed by atoms with Crippen LogP contribution >= 0.6 is 0 Å². The van der Waals surface area contributed by atoms with Gasteiger partial charge in [-0.25, -0.2) is 13.2 Å². The number of hydrogen-bond acceptors (Lipinski definition) is 5. The van der Waals surface area contributed by atoms with Crippen molar-refractivity contribution in [1.29, 1.82) is 0 Å². The van der Waals surface area contributed by atoms with Crippen LogP contribution in [-0.4, -0.2) is 30.8 Å². The first kappa shape index (κ1) is 20.0. The molecule has 1 N–H and O–H groups in total. The molecule has 0 aliphatic rings. The molecule has 2 aromatic rings. The fourth-order valence-corrected chi connectivity index (χ4v) is 3.64. The second-order valence-electron chi connectivity index (χ2n) is 7.03. The summed E-state index contributed by atoms with van der Waals surface area (Å²) in [5, 5.41) is 4.13. The molecule has 0 unspecified atom stereocenters. The smallest absolute Gasteiger partial charge is 0.343 e. The quantitative estimate of drug-likeness (QED) is 0.807. The maximum absolute atomic E-state index is 12.8. The van der Waals surface area contributed by atoms with Gasteiger partial charge in [-0.2, -0.15) is 5.10 Å². The molecular weight excluding hydrogens is 354 g/mol. The summed E-state index contributed by atoms with van der Waals surface area (Å²) in [6, 6.07) is 6.68. The Morgan fingerprint density at radius 1 is 1.23 bits per heavy atom. The number of anilines is 1. The lowest BCUT2D eigenvalue weighted by molar-refractivity contribution is 0.0526. The molecule has 0 radical (unpaired) electrons. The molecule has 0 spiro atoms. The topological polar surface area (TPSA) is 90.3 Å². The van der Waals surface area contributed by atoms with Crippen molar-refractivity contribution in [2.75, 3.05) is 11.3 Å². The second-order valence-corrected chi connectivity index (χ2v) is 8.72. The highest BCUT2D eigenvalue weighted by atomic mass is 32.2. The largest absolute Gasteiger partial charge is 0.462 e. The molecule has 2 rings (SSSR count). The zero-order chi connectivity index (χ0) is 19.7. The third-order valence-corrected chi connectivity index (χ3v) is 5.32. The Morgan fingerprint density at radius 3 is 2.31 bits per heavy atom. The number of hydrogen-bond donors (Lipinski definition) is 1. The minimum Gasteiger partial charge on any atom is -0.462 e. The van der Waals surface area contributed by atoms with Gasteiger partial charge in [0, 0.05) is 7.05 Å². The summed E-state index contributed by atoms with van der Waals surface area (Å²) < 4.78 is 34.3. The highest BCUT2D eigenvalue weighted by molar-refractivity contribution is 7.92. The average molecular weight is 379 g/mol. The molecule has 1 heterocycles. The molecule has 0 saturated heterocycles. The summed E-state index contributed by atoms with van der Waals surface area (Å²) in [6.07, 6.45) is 0. The minimum atomic E-state index is -3.87. The number of ether oxygens (including phenoxy) is 1. The fourth-order valence-electron chi connectivity index (χ4n) is 2.54. The van der Waals surface area contributed by atoms with E-state index < -0.39 is 16.0 Å². The summed E-state index contributed by atoms with van der Waals surface area (Å²) in [7, 11) is -2.31. The number of carbonyl (C=O) groups is 1. The van der Waals surface area contributed by atoms with Crippen LogP contribution in [0.2, 0.25) is 0 Å². The van der Waals surface area contributed by atoms with Crippen molar-refractivity contribution >= 4 is 21.8 Å². The maximum atomic E-state index is 12.8. The molecular formula is C18H25N3O4S. The van der Waals surface area contributed by atoms with E-state index in [1.54, 1.807) is 45.2 Å². The van der Waals surface area contributed by atoms with Crippen LogP contribution in [0.15, 0.2) is 29.2 Å². The molecule has 142 valence electrons. The number of nitrogens with zero attached hydrogens (tertiary/aromatic N) is 2. The van der Waals surface area contributed by atoms with Crippen molar-refractivity contribution in [3.8, 4) is 0 Å². The first-order valence-corrected chi connectivity index (χ1v) is 9.79. The van der Waals surface area contributed by atoms with Crippen molar-refractivity contribution in [2.45, 2.75) is 44.9 Å². The van der Waals surface area contributed by atoms with Crippen molar-refractivity contribution in [2.24, 2.45) is 7.05 Å². The average Bonchev–Trinajstić information content (AvgIpc) is 2.80. The van der Waals surface area contributed by atoms with Crippen molar-refractivity contribution in [1.82, 2.24) is 9.78 Å². The molecule has 0 atom stereocenters. The zero-order valence-electron chi connectivity index (χ0n) is 16.0.